The van der Waals surface area contributed by atoms with E-state index in [2.05, 4.69) is 5.32 Å². The number of carboxylic acid groups (broad SMARTS) is 2. The molecule has 0 aromatic rings. The summed E-state index contributed by atoms with van der Waals surface area (Å²) in [5.74, 6) is -4.12. The molecule has 0 bridgehead atoms. The van der Waals surface area contributed by atoms with Crippen molar-refractivity contribution in [2.45, 2.75) is 83.6 Å². The lowest BCUT2D eigenvalue weighted by molar-refractivity contribution is -0.142. The highest BCUT2D eigenvalue weighted by atomic mass is 32.2. The SMILES string of the molecule is CCCC(NC(=O)CCCCC(=O)CCCS(=O)(=O)CC(=O)CCCC(=O)O)C(=O)O. The largest absolute Gasteiger partial charge is 0.481 e. The maximum atomic E-state index is 11.9. The number of rotatable bonds is 19. The van der Waals surface area contributed by atoms with E-state index >= 15 is 0 Å². The molecule has 10 nitrogen and oxygen atoms in total. The van der Waals surface area contributed by atoms with Gasteiger partial charge in [0.15, 0.2) is 9.84 Å². The zero-order valence-electron chi connectivity index (χ0n) is 17.9. The standard InChI is InChI=1S/C20H33NO9S/c1-2-7-17(20(27)28)21-18(24)11-4-3-8-15(22)10-6-13-31(29,30)14-16(23)9-5-12-19(25)26/h17H,2-14H2,1H3,(H,21,24)(H,25,26)(H,27,28). The Hall–Kier alpha value is -2.30. The molecule has 3 N–H and O–H groups in total. The molecule has 1 atom stereocenters. The van der Waals surface area contributed by atoms with Gasteiger partial charge in [-0.3, -0.25) is 19.2 Å². The third kappa shape index (κ3) is 16.1. The second-order valence-corrected chi connectivity index (χ2v) is 9.66. The summed E-state index contributed by atoms with van der Waals surface area (Å²) < 4.78 is 23.8. The van der Waals surface area contributed by atoms with Gasteiger partial charge in [-0.25, -0.2) is 13.2 Å². The van der Waals surface area contributed by atoms with E-state index in [0.717, 1.165) is 0 Å². The molecule has 31 heavy (non-hydrogen) atoms. The van der Waals surface area contributed by atoms with E-state index in [-0.39, 0.29) is 62.4 Å². The number of hydrogen-bond acceptors (Lipinski definition) is 7. The number of hydrogen-bond donors (Lipinski definition) is 3. The Balaban J connectivity index is 4.01. The number of aliphatic carboxylic acids is 2. The highest BCUT2D eigenvalue weighted by Gasteiger charge is 2.19. The van der Waals surface area contributed by atoms with Crippen LogP contribution in [0.25, 0.3) is 0 Å². The fraction of sp³-hybridized carbons (Fsp3) is 0.750. The molecule has 0 aliphatic carbocycles. The van der Waals surface area contributed by atoms with Crippen LogP contribution in [0, 0.1) is 0 Å². The van der Waals surface area contributed by atoms with Crippen molar-refractivity contribution in [3.05, 3.63) is 0 Å². The van der Waals surface area contributed by atoms with Gasteiger partial charge in [0.1, 0.15) is 23.4 Å². The van der Waals surface area contributed by atoms with Crippen molar-refractivity contribution in [2.24, 2.45) is 0 Å². The Labute approximate surface area is 182 Å². The second kappa shape index (κ2) is 15.5. The minimum absolute atomic E-state index is 0.0518. The number of ketones is 2. The van der Waals surface area contributed by atoms with Crippen LogP contribution in [0.3, 0.4) is 0 Å². The molecular weight excluding hydrogens is 430 g/mol. The Bertz CT molecular complexity index is 731. The van der Waals surface area contributed by atoms with E-state index in [0.29, 0.717) is 25.7 Å². The zero-order chi connectivity index (χ0) is 23.9. The van der Waals surface area contributed by atoms with Gasteiger partial charge in [0, 0.05) is 32.1 Å². The van der Waals surface area contributed by atoms with Gasteiger partial charge in [-0.05, 0) is 32.1 Å². The lowest BCUT2D eigenvalue weighted by Crippen LogP contribution is -2.40. The summed E-state index contributed by atoms with van der Waals surface area (Å²) in [4.78, 5) is 56.6. The molecule has 0 aromatic carbocycles. The quantitative estimate of drug-likeness (QED) is 0.240. The number of sulfone groups is 1. The van der Waals surface area contributed by atoms with Gasteiger partial charge in [0.25, 0.3) is 0 Å². The number of Topliss-reactive ketones (excluding diaryl/α,β-unsaturated/α-hetero) is 2. The minimum atomic E-state index is -3.64. The smallest absolute Gasteiger partial charge is 0.326 e. The number of carboxylic acids is 2. The van der Waals surface area contributed by atoms with Crippen LogP contribution in [0.1, 0.15) is 77.6 Å². The molecule has 0 saturated heterocycles. The third-order valence-electron chi connectivity index (χ3n) is 4.46. The lowest BCUT2D eigenvalue weighted by atomic mass is 10.1. The molecule has 0 fully saturated rings. The average molecular weight is 464 g/mol. The highest BCUT2D eigenvalue weighted by molar-refractivity contribution is 7.92. The lowest BCUT2D eigenvalue weighted by Gasteiger charge is -2.13. The average Bonchev–Trinajstić information content (AvgIpc) is 2.63. The summed E-state index contributed by atoms with van der Waals surface area (Å²) in [5.41, 5.74) is 0. The van der Waals surface area contributed by atoms with Crippen LogP contribution in [0.2, 0.25) is 0 Å². The van der Waals surface area contributed by atoms with Crippen LogP contribution >= 0.6 is 0 Å². The maximum absolute atomic E-state index is 11.9. The van der Waals surface area contributed by atoms with E-state index in [1.54, 1.807) is 0 Å². The monoisotopic (exact) mass is 463 g/mol. The fourth-order valence-electron chi connectivity index (χ4n) is 2.86. The van der Waals surface area contributed by atoms with E-state index in [4.69, 9.17) is 10.2 Å². The first-order valence-corrected chi connectivity index (χ1v) is 12.3. The Kier molecular flexibility index (Phi) is 14.3. The first-order valence-electron chi connectivity index (χ1n) is 10.4. The van der Waals surface area contributed by atoms with Gasteiger partial charge in [-0.15, -0.1) is 0 Å². The van der Waals surface area contributed by atoms with E-state index in [1.807, 2.05) is 6.92 Å². The Morgan fingerprint density at radius 2 is 1.39 bits per heavy atom. The molecule has 0 aliphatic heterocycles. The van der Waals surface area contributed by atoms with E-state index in [9.17, 15) is 32.4 Å². The van der Waals surface area contributed by atoms with Gasteiger partial charge in [0.05, 0.1) is 5.75 Å². The molecule has 1 amide bonds. The molecule has 0 radical (unpaired) electrons. The molecule has 0 heterocycles. The first-order chi connectivity index (χ1) is 14.5. The number of carbonyl (C=O) groups is 5. The molecular formula is C20H33NO9S. The normalized spacial score (nSPS) is 12.2. The summed E-state index contributed by atoms with van der Waals surface area (Å²) >= 11 is 0. The van der Waals surface area contributed by atoms with Crippen LogP contribution < -0.4 is 5.32 Å². The molecule has 0 aromatic heterocycles. The predicted molar refractivity (Wildman–Crippen MR) is 112 cm³/mol. The topological polar surface area (TPSA) is 172 Å². The van der Waals surface area contributed by atoms with Gasteiger partial charge in [0.2, 0.25) is 5.91 Å². The molecule has 0 rings (SSSR count). The summed E-state index contributed by atoms with van der Waals surface area (Å²) in [7, 11) is -3.64. The summed E-state index contributed by atoms with van der Waals surface area (Å²) in [6, 6.07) is -0.912. The van der Waals surface area contributed by atoms with Crippen molar-refractivity contribution < 1.29 is 42.6 Å². The molecule has 1 unspecified atom stereocenters. The van der Waals surface area contributed by atoms with Crippen molar-refractivity contribution in [3.8, 4) is 0 Å². The highest BCUT2D eigenvalue weighted by Crippen LogP contribution is 2.08. The molecule has 11 heteroatoms. The summed E-state index contributed by atoms with van der Waals surface area (Å²) in [6.07, 6.45) is 2.07. The third-order valence-corrected chi connectivity index (χ3v) is 6.13. The number of amides is 1. The summed E-state index contributed by atoms with van der Waals surface area (Å²) in [5, 5.41) is 19.9. The first kappa shape index (κ1) is 28.7. The summed E-state index contributed by atoms with van der Waals surface area (Å²) in [6.45, 7) is 1.82. The van der Waals surface area contributed by atoms with Crippen molar-refractivity contribution >= 4 is 39.2 Å². The van der Waals surface area contributed by atoms with Crippen molar-refractivity contribution in [3.63, 3.8) is 0 Å². The number of unbranched alkanes of at least 4 members (excludes halogenated alkanes) is 1. The van der Waals surface area contributed by atoms with Crippen molar-refractivity contribution in [2.75, 3.05) is 11.5 Å². The molecule has 0 aliphatic rings. The molecule has 0 saturated carbocycles. The van der Waals surface area contributed by atoms with Gasteiger partial charge in [-0.2, -0.15) is 0 Å². The Morgan fingerprint density at radius 3 is 1.97 bits per heavy atom. The van der Waals surface area contributed by atoms with Crippen molar-refractivity contribution in [1.82, 2.24) is 5.32 Å². The van der Waals surface area contributed by atoms with Crippen LogP contribution in [-0.2, 0) is 33.8 Å². The van der Waals surface area contributed by atoms with Crippen LogP contribution in [-0.4, -0.2) is 65.6 Å². The second-order valence-electron chi connectivity index (χ2n) is 7.47. The fourth-order valence-corrected chi connectivity index (χ4v) is 4.22. The van der Waals surface area contributed by atoms with Gasteiger partial charge in [-0.1, -0.05) is 13.3 Å². The minimum Gasteiger partial charge on any atom is -0.481 e. The molecule has 0 spiro atoms. The maximum Gasteiger partial charge on any atom is 0.326 e. The Morgan fingerprint density at radius 1 is 0.806 bits per heavy atom. The van der Waals surface area contributed by atoms with Crippen LogP contribution in [0.5, 0.6) is 0 Å². The number of nitrogens with one attached hydrogen (secondary N) is 1. The van der Waals surface area contributed by atoms with E-state index in [1.165, 1.54) is 0 Å². The van der Waals surface area contributed by atoms with Gasteiger partial charge >= 0.3 is 11.9 Å². The van der Waals surface area contributed by atoms with Crippen LogP contribution in [0.15, 0.2) is 0 Å². The van der Waals surface area contributed by atoms with E-state index < -0.39 is 39.4 Å². The predicted octanol–water partition coefficient (Wildman–Crippen LogP) is 1.50. The van der Waals surface area contributed by atoms with Crippen molar-refractivity contribution in [1.29, 1.82) is 0 Å². The van der Waals surface area contributed by atoms with Gasteiger partial charge < -0.3 is 15.5 Å². The number of carbonyl (C=O) groups excluding carboxylic acids is 3. The zero-order valence-corrected chi connectivity index (χ0v) is 18.7. The van der Waals surface area contributed by atoms with Crippen LogP contribution in [0.4, 0.5) is 0 Å². The molecule has 178 valence electrons.